The van der Waals surface area contributed by atoms with Crippen LogP contribution in [-0.4, -0.2) is 55.5 Å². The number of nitrogens with two attached hydrogens (primary N) is 1. The van der Waals surface area contributed by atoms with Gasteiger partial charge in [-0.1, -0.05) is 13.8 Å². The molecule has 0 radical (unpaired) electrons. The van der Waals surface area contributed by atoms with Crippen LogP contribution in [0.3, 0.4) is 0 Å². The lowest BCUT2D eigenvalue weighted by Crippen LogP contribution is -2.78. The Hall–Kier alpha value is -0.160. The van der Waals surface area contributed by atoms with Crippen molar-refractivity contribution in [2.45, 2.75) is 44.9 Å². The Labute approximate surface area is 110 Å². The van der Waals surface area contributed by atoms with Gasteiger partial charge in [0.25, 0.3) is 0 Å². The Bertz CT molecular complexity index is 334. The zero-order valence-electron chi connectivity index (χ0n) is 11.8. The van der Waals surface area contributed by atoms with Gasteiger partial charge in [0.05, 0.1) is 19.3 Å². The van der Waals surface area contributed by atoms with Gasteiger partial charge >= 0.3 is 0 Å². The molecule has 3 fully saturated rings. The number of ether oxygens (including phenoxy) is 2. The molecule has 3 aliphatic rings. The van der Waals surface area contributed by atoms with Crippen LogP contribution in [0.5, 0.6) is 0 Å². The summed E-state index contributed by atoms with van der Waals surface area (Å²) in [7, 11) is 0. The first kappa shape index (κ1) is 12.9. The second-order valence-electron chi connectivity index (χ2n) is 6.84. The van der Waals surface area contributed by atoms with Crippen LogP contribution >= 0.6 is 0 Å². The topological polar surface area (TPSA) is 47.7 Å². The zero-order valence-corrected chi connectivity index (χ0v) is 11.8. The van der Waals surface area contributed by atoms with Crippen LogP contribution in [0.15, 0.2) is 0 Å². The van der Waals surface area contributed by atoms with Gasteiger partial charge in [-0.2, -0.15) is 0 Å². The van der Waals surface area contributed by atoms with Gasteiger partial charge < -0.3 is 15.2 Å². The summed E-state index contributed by atoms with van der Waals surface area (Å²) in [5, 5.41) is 0. The minimum Gasteiger partial charge on any atom is -0.379 e. The molecule has 0 amide bonds. The van der Waals surface area contributed by atoms with Gasteiger partial charge in [-0.25, -0.2) is 0 Å². The monoisotopic (exact) mass is 254 g/mol. The molecule has 0 aromatic rings. The summed E-state index contributed by atoms with van der Waals surface area (Å²) >= 11 is 0. The number of hydrogen-bond acceptors (Lipinski definition) is 4. The molecule has 0 spiro atoms. The fraction of sp³-hybridized carbons (Fsp3) is 1.00. The number of morpholine rings is 1. The minimum atomic E-state index is -0.0975. The summed E-state index contributed by atoms with van der Waals surface area (Å²) in [6, 6.07) is 0.483. The van der Waals surface area contributed by atoms with Gasteiger partial charge in [0.2, 0.25) is 0 Å². The third kappa shape index (κ3) is 1.59. The van der Waals surface area contributed by atoms with Crippen molar-refractivity contribution in [1.29, 1.82) is 0 Å². The number of fused-ring (bicyclic) bond motifs is 1. The number of nitrogens with zero attached hydrogens (tertiary/aromatic N) is 1. The van der Waals surface area contributed by atoms with Gasteiger partial charge in [0.15, 0.2) is 0 Å². The normalized spacial score (nSPS) is 47.7. The van der Waals surface area contributed by atoms with E-state index in [9.17, 15) is 0 Å². The van der Waals surface area contributed by atoms with E-state index < -0.39 is 0 Å². The molecule has 2 saturated heterocycles. The van der Waals surface area contributed by atoms with Crippen molar-refractivity contribution in [3.8, 4) is 0 Å². The lowest BCUT2D eigenvalue weighted by Gasteiger charge is -2.64. The number of rotatable bonds is 2. The molecule has 2 aliphatic heterocycles. The highest BCUT2D eigenvalue weighted by molar-refractivity contribution is 5.21. The van der Waals surface area contributed by atoms with E-state index in [0.29, 0.717) is 18.1 Å². The molecule has 4 nitrogen and oxygen atoms in total. The summed E-state index contributed by atoms with van der Waals surface area (Å²) in [5.41, 5.74) is 6.79. The number of hydrogen-bond donors (Lipinski definition) is 1. The van der Waals surface area contributed by atoms with Crippen molar-refractivity contribution in [3.05, 3.63) is 0 Å². The van der Waals surface area contributed by atoms with Crippen LogP contribution in [0.1, 0.15) is 27.2 Å². The van der Waals surface area contributed by atoms with Crippen molar-refractivity contribution in [3.63, 3.8) is 0 Å². The lowest BCUT2D eigenvalue weighted by molar-refractivity contribution is -0.170. The predicted molar refractivity (Wildman–Crippen MR) is 70.4 cm³/mol. The van der Waals surface area contributed by atoms with Crippen molar-refractivity contribution >= 4 is 0 Å². The molecule has 0 aromatic carbocycles. The van der Waals surface area contributed by atoms with Crippen LogP contribution in [0.4, 0.5) is 0 Å². The highest BCUT2D eigenvalue weighted by Crippen LogP contribution is 2.58. The molecule has 4 heteroatoms. The van der Waals surface area contributed by atoms with E-state index in [1.807, 2.05) is 0 Å². The molecule has 18 heavy (non-hydrogen) atoms. The van der Waals surface area contributed by atoms with Crippen molar-refractivity contribution in [2.75, 3.05) is 32.9 Å². The fourth-order valence-electron chi connectivity index (χ4n) is 4.13. The first-order valence-electron chi connectivity index (χ1n) is 7.19. The molecular formula is C14H26N2O2. The average Bonchev–Trinajstić information content (AvgIpc) is 2.80. The molecular weight excluding hydrogens is 228 g/mol. The Morgan fingerprint density at radius 2 is 2.11 bits per heavy atom. The molecule has 3 rings (SSSR count). The minimum absolute atomic E-state index is 0.0895. The second kappa shape index (κ2) is 4.17. The highest BCUT2D eigenvalue weighted by atomic mass is 16.5. The smallest absolute Gasteiger partial charge is 0.0691 e. The average molecular weight is 254 g/mol. The lowest BCUT2D eigenvalue weighted by atomic mass is 9.48. The summed E-state index contributed by atoms with van der Waals surface area (Å²) in [4.78, 5) is 2.50. The van der Waals surface area contributed by atoms with E-state index in [2.05, 4.69) is 25.7 Å². The predicted octanol–water partition coefficient (Wildman–Crippen LogP) is 0.849. The van der Waals surface area contributed by atoms with Crippen molar-refractivity contribution in [1.82, 2.24) is 4.90 Å². The maximum absolute atomic E-state index is 6.80. The molecule has 2 N–H and O–H groups in total. The van der Waals surface area contributed by atoms with Crippen LogP contribution < -0.4 is 5.73 Å². The van der Waals surface area contributed by atoms with Gasteiger partial charge in [-0.15, -0.1) is 0 Å². The van der Waals surface area contributed by atoms with Crippen molar-refractivity contribution in [2.24, 2.45) is 17.1 Å². The van der Waals surface area contributed by atoms with Crippen LogP contribution in [-0.2, 0) is 9.47 Å². The first-order chi connectivity index (χ1) is 8.47. The molecule has 2 heterocycles. The maximum Gasteiger partial charge on any atom is 0.0691 e. The van der Waals surface area contributed by atoms with Crippen LogP contribution in [0, 0.1) is 11.3 Å². The molecule has 1 aliphatic carbocycles. The van der Waals surface area contributed by atoms with E-state index in [4.69, 9.17) is 15.2 Å². The summed E-state index contributed by atoms with van der Waals surface area (Å²) in [5.74, 6) is 0.544. The molecule has 4 unspecified atom stereocenters. The van der Waals surface area contributed by atoms with Gasteiger partial charge in [0.1, 0.15) is 0 Å². The molecule has 1 saturated carbocycles. The van der Waals surface area contributed by atoms with E-state index in [-0.39, 0.29) is 11.0 Å². The highest BCUT2D eigenvalue weighted by Gasteiger charge is 2.67. The summed E-state index contributed by atoms with van der Waals surface area (Å²) in [6.07, 6.45) is 1.50. The third-order valence-corrected chi connectivity index (χ3v) is 5.63. The van der Waals surface area contributed by atoms with Crippen molar-refractivity contribution < 1.29 is 9.47 Å². The zero-order chi connectivity index (χ0) is 13.0. The van der Waals surface area contributed by atoms with Gasteiger partial charge in [-0.05, 0) is 13.3 Å². The van der Waals surface area contributed by atoms with E-state index in [0.717, 1.165) is 39.3 Å². The Morgan fingerprint density at radius 3 is 2.83 bits per heavy atom. The second-order valence-corrected chi connectivity index (χ2v) is 6.84. The van der Waals surface area contributed by atoms with Gasteiger partial charge in [0, 0.05) is 42.6 Å². The Morgan fingerprint density at radius 1 is 1.33 bits per heavy atom. The van der Waals surface area contributed by atoms with E-state index in [1.165, 1.54) is 0 Å². The SMILES string of the molecule is CC1COCCN1CC1(N)C2CCOC2C1(C)C. The molecule has 0 aromatic heterocycles. The first-order valence-corrected chi connectivity index (χ1v) is 7.19. The summed E-state index contributed by atoms with van der Waals surface area (Å²) in [6.45, 7) is 11.3. The Balaban J connectivity index is 1.74. The standard InChI is InChI=1S/C14H26N2O2/c1-10-8-17-7-5-16(10)9-14(15)11-4-6-18-12(11)13(14,2)3/h10-12H,4-9,15H2,1-3H3. The maximum atomic E-state index is 6.80. The Kier molecular flexibility index (Phi) is 2.98. The van der Waals surface area contributed by atoms with E-state index >= 15 is 0 Å². The summed E-state index contributed by atoms with van der Waals surface area (Å²) < 4.78 is 11.4. The third-order valence-electron chi connectivity index (χ3n) is 5.63. The van der Waals surface area contributed by atoms with Crippen LogP contribution in [0.25, 0.3) is 0 Å². The van der Waals surface area contributed by atoms with Crippen LogP contribution in [0.2, 0.25) is 0 Å². The molecule has 0 bridgehead atoms. The fourth-order valence-corrected chi connectivity index (χ4v) is 4.13. The quantitative estimate of drug-likeness (QED) is 0.793. The molecule has 104 valence electrons. The van der Waals surface area contributed by atoms with Gasteiger partial charge in [-0.3, -0.25) is 4.90 Å². The van der Waals surface area contributed by atoms with E-state index in [1.54, 1.807) is 0 Å². The molecule has 4 atom stereocenters. The largest absolute Gasteiger partial charge is 0.379 e.